The average Bonchev–Trinajstić information content (AvgIpc) is 2.54. The average molecular weight is 386 g/mol. The molecule has 2 aromatic carbocycles. The molecule has 0 fully saturated rings. The number of benzene rings is 2. The molecule has 0 atom stereocenters. The molecule has 3 N–H and O–H groups in total. The van der Waals surface area contributed by atoms with E-state index in [0.29, 0.717) is 16.3 Å². The van der Waals surface area contributed by atoms with Crippen LogP contribution in [-0.2, 0) is 0 Å². The Morgan fingerprint density at radius 1 is 1.04 bits per heavy atom. The van der Waals surface area contributed by atoms with Crippen molar-refractivity contribution in [1.29, 1.82) is 0 Å². The number of amides is 4. The van der Waals surface area contributed by atoms with Gasteiger partial charge in [-0.3, -0.25) is 14.9 Å². The van der Waals surface area contributed by atoms with E-state index in [9.17, 15) is 14.4 Å². The predicted octanol–water partition coefficient (Wildman–Crippen LogP) is 3.06. The Bertz CT molecular complexity index is 769. The molecule has 0 aliphatic heterocycles. The lowest BCUT2D eigenvalue weighted by atomic mass is 10.2. The zero-order chi connectivity index (χ0) is 17.0. The largest absolute Gasteiger partial charge is 0.366 e. The molecule has 0 unspecified atom stereocenters. The molecule has 0 spiro atoms. The van der Waals surface area contributed by atoms with Crippen LogP contribution in [0.2, 0.25) is 5.02 Å². The fourth-order valence-electron chi connectivity index (χ4n) is 1.74. The molecule has 6 nitrogen and oxygen atoms in total. The second-order valence-corrected chi connectivity index (χ2v) is 5.33. The van der Waals surface area contributed by atoms with Gasteiger partial charge in [-0.1, -0.05) is 30.5 Å². The lowest BCUT2D eigenvalue weighted by Gasteiger charge is -2.16. The van der Waals surface area contributed by atoms with Crippen molar-refractivity contribution >= 4 is 60.4 Å². The first-order valence-corrected chi connectivity index (χ1v) is 7.16. The lowest BCUT2D eigenvalue weighted by molar-refractivity contribution is 0.0964. The number of thiol groups is 1. The van der Waals surface area contributed by atoms with Crippen molar-refractivity contribution in [2.45, 2.75) is 0 Å². The van der Waals surface area contributed by atoms with E-state index < -0.39 is 17.8 Å². The first kappa shape index (κ1) is 19.8. The maximum absolute atomic E-state index is 12.0. The van der Waals surface area contributed by atoms with Crippen molar-refractivity contribution in [3.05, 3.63) is 64.7 Å². The molecule has 0 aliphatic rings. The SMILES string of the molecule is Cl.NC(=O)c1ccc(N(S)C(=O)NC(=O)c2cccc(Cl)c2)cc1. The zero-order valence-corrected chi connectivity index (χ0v) is 14.6. The number of nitrogens with two attached hydrogens (primary N) is 1. The molecule has 0 aliphatic carbocycles. The summed E-state index contributed by atoms with van der Waals surface area (Å²) in [6.07, 6.45) is 0. The molecule has 9 heteroatoms. The third-order valence-corrected chi connectivity index (χ3v) is 3.54. The van der Waals surface area contributed by atoms with Crippen LogP contribution in [-0.4, -0.2) is 17.8 Å². The minimum atomic E-state index is -0.745. The number of carbonyl (C=O) groups excluding carboxylic acids is 3. The van der Waals surface area contributed by atoms with Gasteiger partial charge in [-0.15, -0.1) is 12.4 Å². The molecular weight excluding hydrogens is 373 g/mol. The van der Waals surface area contributed by atoms with Gasteiger partial charge in [0.2, 0.25) is 5.91 Å². The lowest BCUT2D eigenvalue weighted by Crippen LogP contribution is -2.38. The number of urea groups is 1. The van der Waals surface area contributed by atoms with Crippen LogP contribution < -0.4 is 15.4 Å². The number of nitrogens with zero attached hydrogens (tertiary/aromatic N) is 1. The highest BCUT2D eigenvalue weighted by molar-refractivity contribution is 7.82. The monoisotopic (exact) mass is 385 g/mol. The van der Waals surface area contributed by atoms with Crippen molar-refractivity contribution in [2.75, 3.05) is 4.31 Å². The van der Waals surface area contributed by atoms with E-state index in [4.69, 9.17) is 17.3 Å². The summed E-state index contributed by atoms with van der Waals surface area (Å²) >= 11 is 9.83. The summed E-state index contributed by atoms with van der Waals surface area (Å²) in [6, 6.07) is 11.3. The van der Waals surface area contributed by atoms with Crippen LogP contribution in [0.25, 0.3) is 0 Å². The molecule has 2 rings (SSSR count). The Morgan fingerprint density at radius 2 is 1.67 bits per heavy atom. The van der Waals surface area contributed by atoms with E-state index in [1.54, 1.807) is 12.1 Å². The number of hydrogen-bond acceptors (Lipinski definition) is 4. The summed E-state index contributed by atoms with van der Waals surface area (Å²) in [5, 5.41) is 2.56. The Kier molecular flexibility index (Phi) is 7.09. The molecule has 0 saturated carbocycles. The van der Waals surface area contributed by atoms with Crippen molar-refractivity contribution in [3.8, 4) is 0 Å². The second kappa shape index (κ2) is 8.58. The number of nitrogens with one attached hydrogen (secondary N) is 1. The highest BCUT2D eigenvalue weighted by Gasteiger charge is 2.17. The van der Waals surface area contributed by atoms with Gasteiger partial charge < -0.3 is 5.73 Å². The standard InChI is InChI=1S/C15H12ClN3O3S.ClH/c16-11-3-1-2-10(8-11)14(21)18-15(22)19(23)12-6-4-9(5-7-12)13(17)20;/h1-8,23H,(H2,17,20)(H,18,21,22);1H. The molecule has 126 valence electrons. The van der Waals surface area contributed by atoms with Crippen LogP contribution in [0.1, 0.15) is 20.7 Å². The minimum Gasteiger partial charge on any atom is -0.366 e. The summed E-state index contributed by atoms with van der Waals surface area (Å²) in [4.78, 5) is 35.0. The van der Waals surface area contributed by atoms with Gasteiger partial charge >= 0.3 is 6.03 Å². The van der Waals surface area contributed by atoms with E-state index in [2.05, 4.69) is 18.1 Å². The quantitative estimate of drug-likeness (QED) is 0.708. The Morgan fingerprint density at radius 3 is 2.21 bits per heavy atom. The van der Waals surface area contributed by atoms with E-state index in [1.165, 1.54) is 36.4 Å². The normalized spacial score (nSPS) is 9.58. The number of primary amides is 1. The highest BCUT2D eigenvalue weighted by Crippen LogP contribution is 2.17. The molecule has 0 heterocycles. The highest BCUT2D eigenvalue weighted by atomic mass is 35.5. The third-order valence-electron chi connectivity index (χ3n) is 2.90. The van der Waals surface area contributed by atoms with Crippen LogP contribution >= 0.6 is 36.8 Å². The fourth-order valence-corrected chi connectivity index (χ4v) is 2.11. The molecule has 4 amide bonds. The predicted molar refractivity (Wildman–Crippen MR) is 98.0 cm³/mol. The van der Waals surface area contributed by atoms with Gasteiger partial charge in [0, 0.05) is 16.1 Å². The van der Waals surface area contributed by atoms with Crippen molar-refractivity contribution in [3.63, 3.8) is 0 Å². The second-order valence-electron chi connectivity index (χ2n) is 4.49. The number of hydrogen-bond donors (Lipinski definition) is 3. The van der Waals surface area contributed by atoms with E-state index in [-0.39, 0.29) is 18.0 Å². The van der Waals surface area contributed by atoms with Crippen LogP contribution in [0.3, 0.4) is 0 Å². The van der Waals surface area contributed by atoms with E-state index in [1.807, 2.05) is 0 Å². The van der Waals surface area contributed by atoms with Gasteiger partial charge in [-0.25, -0.2) is 9.10 Å². The first-order valence-electron chi connectivity index (χ1n) is 6.38. The van der Waals surface area contributed by atoms with Gasteiger partial charge in [0.15, 0.2) is 0 Å². The third kappa shape index (κ3) is 4.89. The van der Waals surface area contributed by atoms with Gasteiger partial charge in [-0.2, -0.15) is 0 Å². The molecule has 0 aromatic heterocycles. The molecule has 0 bridgehead atoms. The number of rotatable bonds is 3. The maximum Gasteiger partial charge on any atom is 0.338 e. The molecule has 0 radical (unpaired) electrons. The molecule has 2 aromatic rings. The van der Waals surface area contributed by atoms with E-state index >= 15 is 0 Å². The van der Waals surface area contributed by atoms with E-state index in [0.717, 1.165) is 4.31 Å². The summed E-state index contributed by atoms with van der Waals surface area (Å²) in [6.45, 7) is 0. The fraction of sp³-hybridized carbons (Fsp3) is 0. The van der Waals surface area contributed by atoms with Gasteiger partial charge in [0.1, 0.15) is 0 Å². The summed E-state index contributed by atoms with van der Waals surface area (Å²) < 4.78 is 0.938. The zero-order valence-electron chi connectivity index (χ0n) is 12.1. The first-order chi connectivity index (χ1) is 10.9. The Balaban J connectivity index is 0.00000288. The minimum absolute atomic E-state index is 0. The van der Waals surface area contributed by atoms with Gasteiger partial charge in [0.05, 0.1) is 5.69 Å². The molecule has 24 heavy (non-hydrogen) atoms. The van der Waals surface area contributed by atoms with Crippen molar-refractivity contribution in [2.24, 2.45) is 5.73 Å². The molecular formula is C15H13Cl2N3O3S. The van der Waals surface area contributed by atoms with Crippen LogP contribution in [0, 0.1) is 0 Å². The van der Waals surface area contributed by atoms with Gasteiger partial charge in [0.25, 0.3) is 5.91 Å². The number of carbonyl (C=O) groups is 3. The van der Waals surface area contributed by atoms with Crippen LogP contribution in [0.15, 0.2) is 48.5 Å². The van der Waals surface area contributed by atoms with Crippen molar-refractivity contribution in [1.82, 2.24) is 5.32 Å². The van der Waals surface area contributed by atoms with Crippen LogP contribution in [0.5, 0.6) is 0 Å². The summed E-state index contributed by atoms with van der Waals surface area (Å²) in [5.41, 5.74) is 6.05. The molecule has 0 saturated heterocycles. The Hall–Kier alpha value is -2.22. The topological polar surface area (TPSA) is 92.5 Å². The summed E-state index contributed by atoms with van der Waals surface area (Å²) in [7, 11) is 0. The summed E-state index contributed by atoms with van der Waals surface area (Å²) in [5.74, 6) is -1.19. The number of halogens is 2. The number of imide groups is 1. The Labute approximate surface area is 154 Å². The maximum atomic E-state index is 12.0. The number of anilines is 1. The van der Waals surface area contributed by atoms with Gasteiger partial charge in [-0.05, 0) is 42.5 Å². The smallest absolute Gasteiger partial charge is 0.338 e. The van der Waals surface area contributed by atoms with Crippen LogP contribution in [0.4, 0.5) is 10.5 Å². The van der Waals surface area contributed by atoms with Crippen molar-refractivity contribution < 1.29 is 14.4 Å².